The molecule has 1 aliphatic carbocycles. The SMILES string of the molecule is COc1cc(OC)c2c(c1Cl)OC1(C2=O)C(O)=C(C(CC(=O)NCCO)c2ccc(SC)cc2)C(=O)CC1C. The molecule has 39 heavy (non-hydrogen) atoms. The molecule has 208 valence electrons. The number of thioether (sulfide) groups is 1. The summed E-state index contributed by atoms with van der Waals surface area (Å²) in [6.07, 6.45) is 1.61. The van der Waals surface area contributed by atoms with Gasteiger partial charge in [0.1, 0.15) is 22.1 Å². The molecule has 2 aromatic rings. The summed E-state index contributed by atoms with van der Waals surface area (Å²) in [6, 6.07) is 8.73. The smallest absolute Gasteiger partial charge is 0.231 e. The predicted molar refractivity (Wildman–Crippen MR) is 146 cm³/mol. The molecule has 1 spiro atoms. The molecule has 0 fully saturated rings. The van der Waals surface area contributed by atoms with Crippen molar-refractivity contribution in [3.63, 3.8) is 0 Å². The quantitative estimate of drug-likeness (QED) is 0.378. The number of benzene rings is 2. The zero-order chi connectivity index (χ0) is 28.5. The van der Waals surface area contributed by atoms with Crippen LogP contribution in [0, 0.1) is 5.92 Å². The molecule has 0 bridgehead atoms. The molecule has 0 saturated carbocycles. The standard InChI is InChI=1S/C28H30ClNO8S/c1-14-11-18(32)22(17(12-21(33)30-9-10-31)15-5-7-16(39-4)8-6-15)26(34)28(14)27(35)23-19(36-2)13-20(37-3)24(29)25(23)38-28/h5-8,13-14,17,31,34H,9-12H2,1-4H3,(H,30,33). The van der Waals surface area contributed by atoms with Crippen LogP contribution in [-0.2, 0) is 9.59 Å². The van der Waals surface area contributed by atoms with Crippen LogP contribution in [0.15, 0.2) is 46.6 Å². The predicted octanol–water partition coefficient (Wildman–Crippen LogP) is 4.10. The van der Waals surface area contributed by atoms with Crippen molar-refractivity contribution in [3.05, 3.63) is 57.8 Å². The molecule has 0 radical (unpaired) electrons. The van der Waals surface area contributed by atoms with Crippen molar-refractivity contribution in [2.75, 3.05) is 33.6 Å². The summed E-state index contributed by atoms with van der Waals surface area (Å²) in [7, 11) is 2.79. The number of Topliss-reactive ketones (excluding diaryl/α,β-unsaturated/α-hetero) is 2. The lowest BCUT2D eigenvalue weighted by molar-refractivity contribution is -0.122. The molecule has 3 unspecified atom stereocenters. The number of fused-ring (bicyclic) bond motifs is 1. The van der Waals surface area contributed by atoms with E-state index in [0.717, 1.165) is 4.90 Å². The minimum absolute atomic E-state index is 0.00784. The largest absolute Gasteiger partial charge is 0.507 e. The van der Waals surface area contributed by atoms with E-state index in [-0.39, 0.29) is 59.4 Å². The number of halogens is 1. The van der Waals surface area contributed by atoms with Crippen LogP contribution >= 0.6 is 23.4 Å². The maximum Gasteiger partial charge on any atom is 0.231 e. The Morgan fingerprint density at radius 1 is 1.23 bits per heavy atom. The Morgan fingerprint density at radius 3 is 2.49 bits per heavy atom. The molecule has 4 rings (SSSR count). The average Bonchev–Trinajstić information content (AvgIpc) is 3.25. The van der Waals surface area contributed by atoms with Crippen molar-refractivity contribution in [1.29, 1.82) is 0 Å². The maximum absolute atomic E-state index is 14.1. The number of ketones is 2. The number of methoxy groups -OCH3 is 2. The molecule has 9 nitrogen and oxygen atoms in total. The van der Waals surface area contributed by atoms with E-state index in [0.29, 0.717) is 5.56 Å². The van der Waals surface area contributed by atoms with Gasteiger partial charge in [-0.05, 0) is 24.0 Å². The van der Waals surface area contributed by atoms with Crippen LogP contribution < -0.4 is 19.5 Å². The van der Waals surface area contributed by atoms with E-state index in [1.54, 1.807) is 19.1 Å². The normalized spacial score (nSPS) is 21.0. The van der Waals surface area contributed by atoms with Crippen molar-refractivity contribution in [1.82, 2.24) is 5.32 Å². The van der Waals surface area contributed by atoms with Crippen LogP contribution in [0.2, 0.25) is 5.02 Å². The summed E-state index contributed by atoms with van der Waals surface area (Å²) < 4.78 is 17.0. The summed E-state index contributed by atoms with van der Waals surface area (Å²) in [4.78, 5) is 41.4. The number of ether oxygens (including phenoxy) is 3. The Bertz CT molecular complexity index is 1340. The third-order valence-corrected chi connectivity index (χ3v) is 8.30. The van der Waals surface area contributed by atoms with Gasteiger partial charge in [-0.25, -0.2) is 0 Å². The first-order valence-electron chi connectivity index (χ1n) is 12.3. The highest BCUT2D eigenvalue weighted by Crippen LogP contribution is 2.55. The first kappa shape index (κ1) is 28.8. The topological polar surface area (TPSA) is 131 Å². The van der Waals surface area contributed by atoms with E-state index in [1.807, 2.05) is 18.4 Å². The number of hydrogen-bond donors (Lipinski definition) is 3. The Labute approximate surface area is 235 Å². The van der Waals surface area contributed by atoms with Crippen LogP contribution in [-0.4, -0.2) is 66.9 Å². The highest BCUT2D eigenvalue weighted by Gasteiger charge is 2.61. The molecule has 0 aromatic heterocycles. The number of nitrogens with one attached hydrogen (secondary N) is 1. The first-order chi connectivity index (χ1) is 18.6. The second kappa shape index (κ2) is 11.5. The van der Waals surface area contributed by atoms with Crippen molar-refractivity contribution in [2.24, 2.45) is 5.92 Å². The van der Waals surface area contributed by atoms with Gasteiger partial charge in [0, 0.05) is 47.8 Å². The molecule has 3 N–H and O–H groups in total. The van der Waals surface area contributed by atoms with E-state index in [1.165, 1.54) is 32.0 Å². The Morgan fingerprint density at radius 2 is 1.90 bits per heavy atom. The Kier molecular flexibility index (Phi) is 8.48. The summed E-state index contributed by atoms with van der Waals surface area (Å²) in [5.74, 6) is -3.28. The Balaban J connectivity index is 1.90. The van der Waals surface area contributed by atoms with Crippen molar-refractivity contribution in [2.45, 2.75) is 36.2 Å². The number of amides is 1. The minimum atomic E-state index is -1.95. The molecular weight excluding hydrogens is 546 g/mol. The van der Waals surface area contributed by atoms with E-state index < -0.39 is 40.7 Å². The molecule has 1 heterocycles. The van der Waals surface area contributed by atoms with Crippen molar-refractivity contribution >= 4 is 40.8 Å². The number of allylic oxidation sites excluding steroid dienone is 1. The number of carbonyl (C=O) groups excluding carboxylic acids is 3. The van der Waals surface area contributed by atoms with Crippen LogP contribution in [0.5, 0.6) is 17.2 Å². The van der Waals surface area contributed by atoms with Gasteiger partial charge in [-0.15, -0.1) is 11.8 Å². The Hall–Kier alpha value is -3.21. The summed E-state index contributed by atoms with van der Waals surface area (Å²) >= 11 is 8.05. The zero-order valence-electron chi connectivity index (χ0n) is 22.0. The second-order valence-corrected chi connectivity index (χ2v) is 10.6. The fourth-order valence-corrected chi connectivity index (χ4v) is 5.89. The summed E-state index contributed by atoms with van der Waals surface area (Å²) in [5.41, 5.74) is -1.38. The van der Waals surface area contributed by atoms with Crippen LogP contribution in [0.1, 0.15) is 41.6 Å². The average molecular weight is 576 g/mol. The second-order valence-electron chi connectivity index (χ2n) is 9.36. The minimum Gasteiger partial charge on any atom is -0.507 e. The highest BCUT2D eigenvalue weighted by molar-refractivity contribution is 7.98. The molecule has 2 aliphatic rings. The maximum atomic E-state index is 14.1. The van der Waals surface area contributed by atoms with Crippen molar-refractivity contribution < 1.29 is 38.8 Å². The molecule has 2 aromatic carbocycles. The van der Waals surface area contributed by atoms with Gasteiger partial charge in [-0.3, -0.25) is 14.4 Å². The lowest BCUT2D eigenvalue weighted by atomic mass is 9.69. The number of aliphatic hydroxyl groups is 2. The molecule has 1 aliphatic heterocycles. The van der Waals surface area contributed by atoms with E-state index in [9.17, 15) is 19.5 Å². The van der Waals surface area contributed by atoms with Gasteiger partial charge < -0.3 is 29.7 Å². The highest BCUT2D eigenvalue weighted by atomic mass is 35.5. The molecule has 1 amide bonds. The third kappa shape index (κ3) is 4.85. The summed E-state index contributed by atoms with van der Waals surface area (Å²) in [5, 5.41) is 23.6. The number of carbonyl (C=O) groups is 3. The number of rotatable bonds is 9. The van der Waals surface area contributed by atoms with Crippen LogP contribution in [0.4, 0.5) is 0 Å². The van der Waals surface area contributed by atoms with Gasteiger partial charge in [0.05, 0.1) is 20.8 Å². The fourth-order valence-electron chi connectivity index (χ4n) is 5.21. The van der Waals surface area contributed by atoms with Gasteiger partial charge in [0.15, 0.2) is 17.3 Å². The van der Waals surface area contributed by atoms with E-state index in [2.05, 4.69) is 5.32 Å². The van der Waals surface area contributed by atoms with Crippen LogP contribution in [0.25, 0.3) is 0 Å². The molecule has 11 heteroatoms. The monoisotopic (exact) mass is 575 g/mol. The van der Waals surface area contributed by atoms with Gasteiger partial charge in [0.2, 0.25) is 17.3 Å². The van der Waals surface area contributed by atoms with E-state index in [4.69, 9.17) is 30.9 Å². The molecule has 3 atom stereocenters. The number of aliphatic hydroxyl groups excluding tert-OH is 2. The van der Waals surface area contributed by atoms with E-state index >= 15 is 0 Å². The van der Waals surface area contributed by atoms with Crippen LogP contribution in [0.3, 0.4) is 0 Å². The zero-order valence-corrected chi connectivity index (χ0v) is 23.6. The summed E-state index contributed by atoms with van der Waals surface area (Å²) in [6.45, 7) is 1.43. The number of hydrogen-bond acceptors (Lipinski definition) is 9. The van der Waals surface area contributed by atoms with Gasteiger partial charge in [0.25, 0.3) is 0 Å². The molecule has 0 saturated heterocycles. The third-order valence-electron chi connectivity index (χ3n) is 7.20. The fraction of sp³-hybridized carbons (Fsp3) is 0.393. The first-order valence-corrected chi connectivity index (χ1v) is 13.9. The van der Waals surface area contributed by atoms with Gasteiger partial charge in [-0.1, -0.05) is 30.7 Å². The lowest BCUT2D eigenvalue weighted by Crippen LogP contribution is -2.53. The van der Waals surface area contributed by atoms with Gasteiger partial charge in [-0.2, -0.15) is 0 Å². The molecular formula is C28H30ClNO8S. The van der Waals surface area contributed by atoms with Gasteiger partial charge >= 0.3 is 0 Å². The van der Waals surface area contributed by atoms with Crippen molar-refractivity contribution in [3.8, 4) is 17.2 Å². The lowest BCUT2D eigenvalue weighted by Gasteiger charge is -2.38.